The third-order valence-electron chi connectivity index (χ3n) is 5.44. The molecule has 8 heteroatoms. The number of carbonyl (C=O) groups is 1. The zero-order valence-electron chi connectivity index (χ0n) is 16.4. The van der Waals surface area contributed by atoms with Gasteiger partial charge in [0.15, 0.2) is 0 Å². The third kappa shape index (κ3) is 3.65. The van der Waals surface area contributed by atoms with Crippen LogP contribution in [0.15, 0.2) is 42.7 Å². The van der Waals surface area contributed by atoms with Gasteiger partial charge in [-0.25, -0.2) is 13.2 Å². The van der Waals surface area contributed by atoms with Crippen LogP contribution in [0.3, 0.4) is 0 Å². The highest BCUT2D eigenvalue weighted by Gasteiger charge is 2.25. The van der Waals surface area contributed by atoms with Crippen LogP contribution < -0.4 is 0 Å². The van der Waals surface area contributed by atoms with Crippen molar-refractivity contribution in [1.29, 1.82) is 0 Å². The minimum absolute atomic E-state index is 0.0725. The molecule has 1 aromatic carbocycles. The maximum absolute atomic E-state index is 13.9. The maximum atomic E-state index is 13.9. The molecule has 0 N–H and O–H groups in total. The standard InChI is InChI=1S/C22H19F3N4O/c1-12(13-7-14(21(24)25)9-16(23)8-13)15-10-19(28-27-11-15)20-17-4-6-29(2)22(30)18(17)3-5-26-20/h3,5,7-12,21H,4,6H2,1-2H3/t12-/m1/s1. The minimum Gasteiger partial charge on any atom is -0.341 e. The lowest BCUT2D eigenvalue weighted by Crippen LogP contribution is -2.34. The number of amides is 1. The molecule has 0 bridgehead atoms. The van der Waals surface area contributed by atoms with Crippen LogP contribution in [0, 0.1) is 5.82 Å². The van der Waals surface area contributed by atoms with E-state index in [0.29, 0.717) is 41.0 Å². The SMILES string of the molecule is C[C@H](c1cc(F)cc(C(F)F)c1)c1cnnc(-c2nccc3c2CCN(C)C3=O)c1. The van der Waals surface area contributed by atoms with E-state index in [9.17, 15) is 18.0 Å². The zero-order chi connectivity index (χ0) is 21.4. The normalized spacial score (nSPS) is 14.7. The van der Waals surface area contributed by atoms with Gasteiger partial charge in [0.1, 0.15) is 11.5 Å². The summed E-state index contributed by atoms with van der Waals surface area (Å²) < 4.78 is 40.0. The Morgan fingerprint density at radius 3 is 2.63 bits per heavy atom. The van der Waals surface area contributed by atoms with Crippen LogP contribution in [0.1, 0.15) is 51.9 Å². The molecule has 5 nitrogen and oxygen atoms in total. The lowest BCUT2D eigenvalue weighted by molar-refractivity contribution is 0.0781. The van der Waals surface area contributed by atoms with E-state index in [4.69, 9.17) is 0 Å². The first kappa shape index (κ1) is 20.0. The first-order valence-electron chi connectivity index (χ1n) is 9.50. The van der Waals surface area contributed by atoms with Gasteiger partial charge in [-0.2, -0.15) is 5.10 Å². The third-order valence-corrected chi connectivity index (χ3v) is 5.44. The molecule has 0 unspecified atom stereocenters. The molecular weight excluding hydrogens is 393 g/mol. The molecule has 0 radical (unpaired) electrons. The maximum Gasteiger partial charge on any atom is 0.263 e. The molecule has 3 aromatic rings. The fourth-order valence-electron chi connectivity index (χ4n) is 3.69. The first-order chi connectivity index (χ1) is 14.3. The van der Waals surface area contributed by atoms with E-state index in [2.05, 4.69) is 15.2 Å². The van der Waals surface area contributed by atoms with E-state index >= 15 is 0 Å². The van der Waals surface area contributed by atoms with Crippen LogP contribution >= 0.6 is 0 Å². The molecule has 0 saturated carbocycles. The van der Waals surface area contributed by atoms with Crippen LogP contribution in [0.2, 0.25) is 0 Å². The Kier molecular flexibility index (Phi) is 5.24. The van der Waals surface area contributed by atoms with Crippen molar-refractivity contribution in [3.8, 4) is 11.4 Å². The van der Waals surface area contributed by atoms with Gasteiger partial charge in [-0.15, -0.1) is 5.10 Å². The highest BCUT2D eigenvalue weighted by Crippen LogP contribution is 2.32. The number of likely N-dealkylation sites (N-methyl/N-ethyl adjacent to an activating group) is 1. The molecule has 4 rings (SSSR count). The van der Waals surface area contributed by atoms with Crippen LogP contribution in [0.5, 0.6) is 0 Å². The monoisotopic (exact) mass is 412 g/mol. The summed E-state index contributed by atoms with van der Waals surface area (Å²) in [6.07, 6.45) is 0.970. The predicted octanol–water partition coefficient (Wildman–Crippen LogP) is 4.40. The summed E-state index contributed by atoms with van der Waals surface area (Å²) in [5.41, 5.74) is 3.20. The van der Waals surface area contributed by atoms with E-state index in [1.165, 1.54) is 18.3 Å². The fourth-order valence-corrected chi connectivity index (χ4v) is 3.69. The Balaban J connectivity index is 1.74. The Hall–Kier alpha value is -3.29. The molecule has 0 saturated heterocycles. The van der Waals surface area contributed by atoms with Gasteiger partial charge >= 0.3 is 0 Å². The number of nitrogens with zero attached hydrogens (tertiary/aromatic N) is 4. The van der Waals surface area contributed by atoms with Gasteiger partial charge in [0, 0.05) is 36.8 Å². The predicted molar refractivity (Wildman–Crippen MR) is 105 cm³/mol. The molecule has 1 aliphatic rings. The van der Waals surface area contributed by atoms with Gasteiger partial charge in [-0.3, -0.25) is 9.78 Å². The summed E-state index contributed by atoms with van der Waals surface area (Å²) in [5, 5.41) is 8.21. The van der Waals surface area contributed by atoms with Crippen LogP contribution in [-0.4, -0.2) is 39.6 Å². The Bertz CT molecular complexity index is 1120. The largest absolute Gasteiger partial charge is 0.341 e. The minimum atomic E-state index is -2.76. The van der Waals surface area contributed by atoms with Crippen molar-refractivity contribution in [2.24, 2.45) is 0 Å². The summed E-state index contributed by atoms with van der Waals surface area (Å²) in [6.45, 7) is 2.37. The topological polar surface area (TPSA) is 59.0 Å². The number of halogens is 3. The zero-order valence-corrected chi connectivity index (χ0v) is 16.4. The number of rotatable bonds is 4. The van der Waals surface area contributed by atoms with Gasteiger partial charge in [0.05, 0.1) is 11.9 Å². The summed E-state index contributed by atoms with van der Waals surface area (Å²) in [7, 11) is 1.75. The Morgan fingerprint density at radius 2 is 1.87 bits per heavy atom. The smallest absolute Gasteiger partial charge is 0.263 e. The van der Waals surface area contributed by atoms with Crippen molar-refractivity contribution >= 4 is 5.91 Å². The lowest BCUT2D eigenvalue weighted by atomic mass is 9.91. The second kappa shape index (κ2) is 7.85. The molecule has 0 spiro atoms. The molecule has 154 valence electrons. The highest BCUT2D eigenvalue weighted by atomic mass is 19.3. The number of hydrogen-bond acceptors (Lipinski definition) is 4. The van der Waals surface area contributed by atoms with Crippen molar-refractivity contribution in [2.45, 2.75) is 25.7 Å². The molecule has 0 aliphatic carbocycles. The van der Waals surface area contributed by atoms with Crippen LogP contribution in [-0.2, 0) is 6.42 Å². The highest BCUT2D eigenvalue weighted by molar-refractivity contribution is 5.98. The Morgan fingerprint density at radius 1 is 1.10 bits per heavy atom. The molecular formula is C22H19F3N4O. The molecule has 1 aliphatic heterocycles. The fraction of sp³-hybridized carbons (Fsp3) is 0.273. The second-order valence-corrected chi connectivity index (χ2v) is 7.38. The van der Waals surface area contributed by atoms with E-state index in [0.717, 1.165) is 11.6 Å². The number of pyridine rings is 1. The molecule has 3 heterocycles. The summed E-state index contributed by atoms with van der Waals surface area (Å²) in [5.74, 6) is -1.17. The molecule has 0 fully saturated rings. The van der Waals surface area contributed by atoms with Gasteiger partial charge in [-0.05, 0) is 53.4 Å². The first-order valence-corrected chi connectivity index (χ1v) is 9.50. The average Bonchev–Trinajstić information content (AvgIpc) is 2.75. The van der Waals surface area contributed by atoms with Crippen molar-refractivity contribution in [3.63, 3.8) is 0 Å². The van der Waals surface area contributed by atoms with Gasteiger partial charge in [0.25, 0.3) is 12.3 Å². The quantitative estimate of drug-likeness (QED) is 0.638. The van der Waals surface area contributed by atoms with Crippen molar-refractivity contribution in [1.82, 2.24) is 20.1 Å². The van der Waals surface area contributed by atoms with E-state index in [-0.39, 0.29) is 17.4 Å². The number of fused-ring (bicyclic) bond motifs is 1. The van der Waals surface area contributed by atoms with Gasteiger partial charge < -0.3 is 4.90 Å². The molecule has 2 aromatic heterocycles. The van der Waals surface area contributed by atoms with Crippen molar-refractivity contribution < 1.29 is 18.0 Å². The molecule has 30 heavy (non-hydrogen) atoms. The van der Waals surface area contributed by atoms with E-state index in [1.807, 2.05) is 0 Å². The van der Waals surface area contributed by atoms with Gasteiger partial charge in [0.2, 0.25) is 0 Å². The summed E-state index contributed by atoms with van der Waals surface area (Å²) >= 11 is 0. The average molecular weight is 412 g/mol. The number of hydrogen-bond donors (Lipinski definition) is 0. The van der Waals surface area contributed by atoms with Crippen molar-refractivity contribution in [2.75, 3.05) is 13.6 Å². The number of aromatic nitrogens is 3. The number of benzene rings is 1. The van der Waals surface area contributed by atoms with Crippen LogP contribution in [0.25, 0.3) is 11.4 Å². The molecule has 1 atom stereocenters. The van der Waals surface area contributed by atoms with E-state index < -0.39 is 12.2 Å². The second-order valence-electron chi connectivity index (χ2n) is 7.38. The number of carbonyl (C=O) groups excluding carboxylic acids is 1. The number of alkyl halides is 2. The van der Waals surface area contributed by atoms with Gasteiger partial charge in [-0.1, -0.05) is 6.92 Å². The Labute approximate surface area is 171 Å². The summed E-state index contributed by atoms with van der Waals surface area (Å²) in [6, 6.07) is 6.83. The lowest BCUT2D eigenvalue weighted by Gasteiger charge is -2.25. The molecule has 1 amide bonds. The summed E-state index contributed by atoms with van der Waals surface area (Å²) in [4.78, 5) is 18.5. The van der Waals surface area contributed by atoms with E-state index in [1.54, 1.807) is 37.2 Å². The van der Waals surface area contributed by atoms with Crippen LogP contribution in [0.4, 0.5) is 13.2 Å². The van der Waals surface area contributed by atoms with Crippen molar-refractivity contribution in [3.05, 3.63) is 76.4 Å².